The molecule has 1 rings (SSSR count). The SMILES string of the molecule is COC(=O)C(CC(N)=O)NC(=O)/C=C/C1OC1O. The summed E-state index contributed by atoms with van der Waals surface area (Å²) in [6.45, 7) is 0. The molecule has 4 N–H and O–H groups in total. The Bertz CT molecular complexity index is 381. The van der Waals surface area contributed by atoms with Gasteiger partial charge in [-0.3, -0.25) is 9.59 Å². The van der Waals surface area contributed by atoms with Crippen LogP contribution in [0, 0.1) is 0 Å². The summed E-state index contributed by atoms with van der Waals surface area (Å²) in [5.74, 6) is -2.12. The predicted molar refractivity (Wildman–Crippen MR) is 57.8 cm³/mol. The molecule has 8 nitrogen and oxygen atoms in total. The van der Waals surface area contributed by atoms with Crippen molar-refractivity contribution >= 4 is 17.8 Å². The van der Waals surface area contributed by atoms with Crippen molar-refractivity contribution in [3.05, 3.63) is 12.2 Å². The minimum Gasteiger partial charge on any atom is -0.467 e. The average molecular weight is 258 g/mol. The van der Waals surface area contributed by atoms with Crippen molar-refractivity contribution in [2.24, 2.45) is 5.73 Å². The van der Waals surface area contributed by atoms with E-state index in [1.165, 1.54) is 6.08 Å². The van der Waals surface area contributed by atoms with Gasteiger partial charge in [-0.05, 0) is 6.08 Å². The van der Waals surface area contributed by atoms with Crippen LogP contribution >= 0.6 is 0 Å². The Balaban J connectivity index is 2.48. The highest BCUT2D eigenvalue weighted by Crippen LogP contribution is 2.19. The van der Waals surface area contributed by atoms with Crippen molar-refractivity contribution in [3.63, 3.8) is 0 Å². The lowest BCUT2D eigenvalue weighted by Crippen LogP contribution is -2.43. The van der Waals surface area contributed by atoms with E-state index < -0.39 is 36.2 Å². The van der Waals surface area contributed by atoms with Crippen LogP contribution in [0.5, 0.6) is 0 Å². The Hall–Kier alpha value is -1.93. The molecule has 1 aliphatic rings. The third kappa shape index (κ3) is 4.52. The van der Waals surface area contributed by atoms with Crippen molar-refractivity contribution in [2.75, 3.05) is 7.11 Å². The maximum absolute atomic E-state index is 11.4. The number of methoxy groups -OCH3 is 1. The Morgan fingerprint density at radius 3 is 2.61 bits per heavy atom. The number of hydrogen-bond donors (Lipinski definition) is 3. The molecule has 100 valence electrons. The van der Waals surface area contributed by atoms with Crippen molar-refractivity contribution < 1.29 is 29.0 Å². The van der Waals surface area contributed by atoms with Gasteiger partial charge in [0.15, 0.2) is 6.29 Å². The lowest BCUT2D eigenvalue weighted by Gasteiger charge is -2.13. The smallest absolute Gasteiger partial charge is 0.328 e. The number of nitrogens with two attached hydrogens (primary N) is 1. The fraction of sp³-hybridized carbons (Fsp3) is 0.500. The van der Waals surface area contributed by atoms with Crippen LogP contribution in [0.2, 0.25) is 0 Å². The van der Waals surface area contributed by atoms with E-state index in [2.05, 4.69) is 14.8 Å². The molecule has 0 aromatic rings. The molecule has 1 saturated heterocycles. The number of ether oxygens (including phenoxy) is 2. The molecule has 1 heterocycles. The van der Waals surface area contributed by atoms with Gasteiger partial charge in [0.25, 0.3) is 0 Å². The van der Waals surface area contributed by atoms with Gasteiger partial charge in [-0.1, -0.05) is 0 Å². The number of esters is 1. The zero-order valence-corrected chi connectivity index (χ0v) is 9.66. The van der Waals surface area contributed by atoms with Gasteiger partial charge in [0.05, 0.1) is 13.5 Å². The molecule has 0 aliphatic carbocycles. The summed E-state index contributed by atoms with van der Waals surface area (Å²) >= 11 is 0. The Morgan fingerprint density at radius 1 is 1.56 bits per heavy atom. The van der Waals surface area contributed by atoms with Crippen LogP contribution < -0.4 is 11.1 Å². The van der Waals surface area contributed by atoms with Gasteiger partial charge in [0.2, 0.25) is 11.8 Å². The van der Waals surface area contributed by atoms with E-state index in [1.807, 2.05) is 0 Å². The third-order valence-electron chi connectivity index (χ3n) is 2.15. The van der Waals surface area contributed by atoms with E-state index in [-0.39, 0.29) is 6.42 Å². The second kappa shape index (κ2) is 6.12. The number of carbonyl (C=O) groups excluding carboxylic acids is 3. The largest absolute Gasteiger partial charge is 0.467 e. The number of carbonyl (C=O) groups is 3. The highest BCUT2D eigenvalue weighted by atomic mass is 16.7. The van der Waals surface area contributed by atoms with Crippen LogP contribution in [0.1, 0.15) is 6.42 Å². The first kappa shape index (κ1) is 14.1. The Labute approximate surface area is 103 Å². The number of nitrogens with one attached hydrogen (secondary N) is 1. The zero-order valence-electron chi connectivity index (χ0n) is 9.66. The summed E-state index contributed by atoms with van der Waals surface area (Å²) in [7, 11) is 1.13. The Morgan fingerprint density at radius 2 is 2.17 bits per heavy atom. The molecule has 3 unspecified atom stereocenters. The van der Waals surface area contributed by atoms with Gasteiger partial charge in [-0.2, -0.15) is 0 Å². The summed E-state index contributed by atoms with van der Waals surface area (Å²) in [5, 5.41) is 11.1. The second-order valence-corrected chi connectivity index (χ2v) is 3.61. The molecule has 1 aliphatic heterocycles. The molecular weight excluding hydrogens is 244 g/mol. The first-order valence-electron chi connectivity index (χ1n) is 5.12. The van der Waals surface area contributed by atoms with Crippen LogP contribution in [0.3, 0.4) is 0 Å². The number of aliphatic hydroxyl groups excluding tert-OH is 1. The van der Waals surface area contributed by atoms with Gasteiger partial charge in [-0.25, -0.2) is 4.79 Å². The van der Waals surface area contributed by atoms with Crippen LogP contribution in [-0.2, 0) is 23.9 Å². The molecule has 0 spiro atoms. The van der Waals surface area contributed by atoms with Crippen molar-refractivity contribution in [3.8, 4) is 0 Å². The lowest BCUT2D eigenvalue weighted by molar-refractivity contribution is -0.145. The minimum atomic E-state index is -1.13. The van der Waals surface area contributed by atoms with Gasteiger partial charge >= 0.3 is 5.97 Å². The molecule has 8 heteroatoms. The summed E-state index contributed by atoms with van der Waals surface area (Å²) in [6, 6.07) is -1.13. The molecule has 0 radical (unpaired) electrons. The van der Waals surface area contributed by atoms with Crippen molar-refractivity contribution in [1.29, 1.82) is 0 Å². The van der Waals surface area contributed by atoms with Crippen molar-refractivity contribution in [2.45, 2.75) is 24.9 Å². The topological polar surface area (TPSA) is 131 Å². The van der Waals surface area contributed by atoms with E-state index in [1.54, 1.807) is 0 Å². The van der Waals surface area contributed by atoms with E-state index in [4.69, 9.17) is 10.8 Å². The highest BCUT2D eigenvalue weighted by molar-refractivity contribution is 5.93. The summed E-state index contributed by atoms with van der Waals surface area (Å²) in [4.78, 5) is 33.4. The molecule has 0 saturated carbocycles. The maximum Gasteiger partial charge on any atom is 0.328 e. The second-order valence-electron chi connectivity index (χ2n) is 3.61. The van der Waals surface area contributed by atoms with Crippen LogP contribution in [0.15, 0.2) is 12.2 Å². The molecule has 3 atom stereocenters. The molecular formula is C10H14N2O6. The maximum atomic E-state index is 11.4. The fourth-order valence-electron chi connectivity index (χ4n) is 1.19. The summed E-state index contributed by atoms with van der Waals surface area (Å²) in [5.41, 5.74) is 4.94. The van der Waals surface area contributed by atoms with E-state index in [0.717, 1.165) is 13.2 Å². The minimum absolute atomic E-state index is 0.352. The predicted octanol–water partition coefficient (Wildman–Crippen LogP) is -2.21. The normalized spacial score (nSPS) is 23.4. The van der Waals surface area contributed by atoms with Gasteiger partial charge in [0.1, 0.15) is 12.1 Å². The first-order chi connectivity index (χ1) is 8.43. The quantitative estimate of drug-likeness (QED) is 0.281. The van der Waals surface area contributed by atoms with Gasteiger partial charge < -0.3 is 25.6 Å². The number of amides is 2. The number of hydrogen-bond acceptors (Lipinski definition) is 6. The van der Waals surface area contributed by atoms with Gasteiger partial charge in [0, 0.05) is 6.08 Å². The highest BCUT2D eigenvalue weighted by Gasteiger charge is 2.34. The van der Waals surface area contributed by atoms with E-state index in [9.17, 15) is 14.4 Å². The Kier molecular flexibility index (Phi) is 4.81. The molecule has 2 amide bonds. The van der Waals surface area contributed by atoms with E-state index in [0.29, 0.717) is 0 Å². The number of aliphatic hydroxyl groups is 1. The number of primary amides is 1. The lowest BCUT2D eigenvalue weighted by atomic mass is 10.2. The van der Waals surface area contributed by atoms with Crippen molar-refractivity contribution in [1.82, 2.24) is 5.32 Å². The van der Waals surface area contributed by atoms with Crippen LogP contribution in [-0.4, -0.2) is 48.4 Å². The molecule has 1 fully saturated rings. The van der Waals surface area contributed by atoms with Crippen LogP contribution in [0.4, 0.5) is 0 Å². The molecule has 0 bridgehead atoms. The summed E-state index contributed by atoms with van der Waals surface area (Å²) in [6.07, 6.45) is 0.671. The molecule has 0 aromatic heterocycles. The molecule has 0 aromatic carbocycles. The summed E-state index contributed by atoms with van der Waals surface area (Å²) < 4.78 is 9.05. The van der Waals surface area contributed by atoms with Gasteiger partial charge in [-0.15, -0.1) is 0 Å². The third-order valence-corrected chi connectivity index (χ3v) is 2.15. The van der Waals surface area contributed by atoms with E-state index >= 15 is 0 Å². The standard InChI is InChI=1S/C10H14N2O6/c1-17-9(15)5(4-7(11)13)12-8(14)3-2-6-10(16)18-6/h2-3,5-6,10,16H,4H2,1H3,(H2,11,13)(H,12,14)/b3-2+. The molecule has 18 heavy (non-hydrogen) atoms. The zero-order chi connectivity index (χ0) is 13.7. The number of epoxide rings is 1. The number of rotatable bonds is 6. The fourth-order valence-corrected chi connectivity index (χ4v) is 1.19. The average Bonchev–Trinajstić information content (AvgIpc) is 3.00. The van der Waals surface area contributed by atoms with Crippen LogP contribution in [0.25, 0.3) is 0 Å². The monoisotopic (exact) mass is 258 g/mol. The first-order valence-corrected chi connectivity index (χ1v) is 5.12.